The summed E-state index contributed by atoms with van der Waals surface area (Å²) in [5, 5.41) is 5.51. The van der Waals surface area contributed by atoms with Crippen molar-refractivity contribution in [2.24, 2.45) is 0 Å². The van der Waals surface area contributed by atoms with E-state index in [0.29, 0.717) is 0 Å². The number of ether oxygens (including phenoxy) is 1. The van der Waals surface area contributed by atoms with E-state index in [0.717, 1.165) is 17.7 Å². The Hall–Kier alpha value is -2.82. The van der Waals surface area contributed by atoms with Gasteiger partial charge in [0.25, 0.3) is 0 Å². The maximum absolute atomic E-state index is 12.2. The number of anilines is 1. The van der Waals surface area contributed by atoms with E-state index in [1.807, 2.05) is 42.5 Å². The van der Waals surface area contributed by atoms with Crippen LogP contribution in [0.15, 0.2) is 54.6 Å². The first-order valence-corrected chi connectivity index (χ1v) is 8.72. The highest BCUT2D eigenvalue weighted by Gasteiger charge is 2.16. The molecule has 2 aromatic carbocycles. The normalized spacial score (nSPS) is 10.9. The number of carbonyl (C=O) groups excluding carboxylic acids is 2. The lowest BCUT2D eigenvalue weighted by atomic mass is 10.0. The highest BCUT2D eigenvalue weighted by Crippen LogP contribution is 2.19. The van der Waals surface area contributed by atoms with Crippen molar-refractivity contribution in [1.82, 2.24) is 5.32 Å². The van der Waals surface area contributed by atoms with Crippen LogP contribution in [0.1, 0.15) is 38.3 Å². The molecule has 0 aliphatic carbocycles. The van der Waals surface area contributed by atoms with E-state index in [4.69, 9.17) is 4.74 Å². The van der Waals surface area contributed by atoms with Gasteiger partial charge in [-0.3, -0.25) is 4.79 Å². The van der Waals surface area contributed by atoms with Crippen molar-refractivity contribution in [2.45, 2.75) is 39.2 Å². The van der Waals surface area contributed by atoms with E-state index >= 15 is 0 Å². The van der Waals surface area contributed by atoms with Crippen molar-refractivity contribution in [3.8, 4) is 0 Å². The van der Waals surface area contributed by atoms with E-state index < -0.39 is 11.7 Å². The summed E-state index contributed by atoms with van der Waals surface area (Å²) in [4.78, 5) is 23.8. The van der Waals surface area contributed by atoms with Crippen LogP contribution >= 0.6 is 0 Å². The summed E-state index contributed by atoms with van der Waals surface area (Å²) >= 11 is 0. The molecule has 0 spiro atoms. The second-order valence-electron chi connectivity index (χ2n) is 7.05. The predicted octanol–water partition coefficient (Wildman–Crippen LogP) is 4.13. The van der Waals surface area contributed by atoms with E-state index in [1.165, 1.54) is 5.56 Å². The molecule has 0 bridgehead atoms. The Labute approximate surface area is 154 Å². The zero-order valence-corrected chi connectivity index (χ0v) is 15.5. The Morgan fingerprint density at radius 1 is 0.962 bits per heavy atom. The molecule has 0 atom stereocenters. The number of benzene rings is 2. The SMILES string of the molecule is CC(C)(C)OC(=O)NCCC(=O)Nc1ccccc1Cc1ccccc1. The molecule has 0 saturated heterocycles. The van der Waals surface area contributed by atoms with Crippen molar-refractivity contribution in [3.05, 3.63) is 65.7 Å². The summed E-state index contributed by atoms with van der Waals surface area (Å²) in [5.41, 5.74) is 2.47. The van der Waals surface area contributed by atoms with Crippen LogP contribution in [-0.4, -0.2) is 24.1 Å². The second-order valence-corrected chi connectivity index (χ2v) is 7.05. The Bertz CT molecular complexity index is 736. The average molecular weight is 354 g/mol. The van der Waals surface area contributed by atoms with Gasteiger partial charge in [0.1, 0.15) is 5.60 Å². The molecule has 0 aliphatic rings. The first-order chi connectivity index (χ1) is 12.3. The Kier molecular flexibility index (Phi) is 6.78. The molecule has 0 fully saturated rings. The minimum Gasteiger partial charge on any atom is -0.444 e. The van der Waals surface area contributed by atoms with Crippen molar-refractivity contribution in [2.75, 3.05) is 11.9 Å². The molecule has 26 heavy (non-hydrogen) atoms. The minimum atomic E-state index is -0.553. The predicted molar refractivity (Wildman–Crippen MR) is 103 cm³/mol. The number of amides is 2. The first kappa shape index (κ1) is 19.5. The van der Waals surface area contributed by atoms with Crippen LogP contribution < -0.4 is 10.6 Å². The third-order valence-corrected chi connectivity index (χ3v) is 3.55. The maximum atomic E-state index is 12.2. The molecule has 0 aliphatic heterocycles. The van der Waals surface area contributed by atoms with Gasteiger partial charge in [-0.1, -0.05) is 48.5 Å². The van der Waals surface area contributed by atoms with Gasteiger partial charge in [-0.05, 0) is 44.4 Å². The molecular weight excluding hydrogens is 328 g/mol. The number of alkyl carbamates (subject to hydrolysis) is 1. The van der Waals surface area contributed by atoms with Crippen LogP contribution in [0, 0.1) is 0 Å². The molecule has 0 unspecified atom stereocenters. The molecule has 138 valence electrons. The monoisotopic (exact) mass is 354 g/mol. The highest BCUT2D eigenvalue weighted by molar-refractivity contribution is 5.91. The minimum absolute atomic E-state index is 0.151. The van der Waals surface area contributed by atoms with Gasteiger partial charge in [0.2, 0.25) is 5.91 Å². The van der Waals surface area contributed by atoms with Gasteiger partial charge in [0, 0.05) is 18.7 Å². The lowest BCUT2D eigenvalue weighted by Gasteiger charge is -2.19. The summed E-state index contributed by atoms with van der Waals surface area (Å²) in [6.07, 6.45) is 0.404. The largest absolute Gasteiger partial charge is 0.444 e. The molecule has 0 heterocycles. The van der Waals surface area contributed by atoms with Gasteiger partial charge in [-0.2, -0.15) is 0 Å². The van der Waals surface area contributed by atoms with Gasteiger partial charge in [0.05, 0.1) is 0 Å². The molecule has 2 amide bonds. The van der Waals surface area contributed by atoms with Crippen molar-refractivity contribution in [1.29, 1.82) is 0 Å². The fourth-order valence-electron chi connectivity index (χ4n) is 2.42. The van der Waals surface area contributed by atoms with Gasteiger partial charge in [-0.25, -0.2) is 4.79 Å². The van der Waals surface area contributed by atoms with Crippen LogP contribution in [0.3, 0.4) is 0 Å². The Morgan fingerprint density at radius 2 is 1.62 bits per heavy atom. The molecule has 2 N–H and O–H groups in total. The summed E-state index contributed by atoms with van der Waals surface area (Å²) in [7, 11) is 0. The summed E-state index contributed by atoms with van der Waals surface area (Å²) < 4.78 is 5.14. The third-order valence-electron chi connectivity index (χ3n) is 3.55. The number of hydrogen-bond acceptors (Lipinski definition) is 3. The summed E-state index contributed by atoms with van der Waals surface area (Å²) in [6, 6.07) is 17.8. The maximum Gasteiger partial charge on any atom is 0.407 e. The lowest BCUT2D eigenvalue weighted by Crippen LogP contribution is -2.34. The molecule has 2 rings (SSSR count). The van der Waals surface area contributed by atoms with Crippen molar-refractivity contribution in [3.63, 3.8) is 0 Å². The standard InChI is InChI=1S/C21H26N2O3/c1-21(2,3)26-20(25)22-14-13-19(24)23-18-12-8-7-11-17(18)15-16-9-5-4-6-10-16/h4-12H,13-15H2,1-3H3,(H,22,25)(H,23,24). The molecule has 0 saturated carbocycles. The number of para-hydroxylation sites is 1. The number of hydrogen-bond donors (Lipinski definition) is 2. The average Bonchev–Trinajstić information content (AvgIpc) is 2.56. The van der Waals surface area contributed by atoms with Gasteiger partial charge >= 0.3 is 6.09 Å². The van der Waals surface area contributed by atoms with E-state index in [-0.39, 0.29) is 18.9 Å². The molecule has 5 heteroatoms. The Balaban J connectivity index is 1.86. The van der Waals surface area contributed by atoms with Crippen molar-refractivity contribution < 1.29 is 14.3 Å². The quantitative estimate of drug-likeness (QED) is 0.819. The van der Waals surface area contributed by atoms with E-state index in [2.05, 4.69) is 22.8 Å². The topological polar surface area (TPSA) is 67.4 Å². The van der Waals surface area contributed by atoms with Crippen molar-refractivity contribution >= 4 is 17.7 Å². The second kappa shape index (κ2) is 9.04. The number of rotatable bonds is 6. The van der Waals surface area contributed by atoms with E-state index in [1.54, 1.807) is 20.8 Å². The zero-order chi connectivity index (χ0) is 19.0. The zero-order valence-electron chi connectivity index (χ0n) is 15.5. The van der Waals surface area contributed by atoms with Crippen LogP contribution in [-0.2, 0) is 16.0 Å². The number of carbonyl (C=O) groups is 2. The van der Waals surface area contributed by atoms with E-state index in [9.17, 15) is 9.59 Å². The lowest BCUT2D eigenvalue weighted by molar-refractivity contribution is -0.116. The Morgan fingerprint density at radius 3 is 2.31 bits per heavy atom. The van der Waals surface area contributed by atoms with Crippen LogP contribution in [0.25, 0.3) is 0 Å². The summed E-state index contributed by atoms with van der Waals surface area (Å²) in [5.74, 6) is -0.151. The molecule has 2 aromatic rings. The van der Waals surface area contributed by atoms with Gasteiger partial charge < -0.3 is 15.4 Å². The third kappa shape index (κ3) is 6.97. The van der Waals surface area contributed by atoms with Crippen LogP contribution in [0.4, 0.5) is 10.5 Å². The molecule has 5 nitrogen and oxygen atoms in total. The van der Waals surface area contributed by atoms with Crippen LogP contribution in [0.5, 0.6) is 0 Å². The highest BCUT2D eigenvalue weighted by atomic mass is 16.6. The first-order valence-electron chi connectivity index (χ1n) is 8.72. The van der Waals surface area contributed by atoms with Crippen LogP contribution in [0.2, 0.25) is 0 Å². The fraction of sp³-hybridized carbons (Fsp3) is 0.333. The molecule has 0 radical (unpaired) electrons. The molecular formula is C21H26N2O3. The summed E-state index contributed by atoms with van der Waals surface area (Å²) in [6.45, 7) is 5.61. The molecule has 0 aromatic heterocycles. The van der Waals surface area contributed by atoms with Gasteiger partial charge in [0.15, 0.2) is 0 Å². The fourth-order valence-corrected chi connectivity index (χ4v) is 2.42. The number of nitrogens with one attached hydrogen (secondary N) is 2. The van der Waals surface area contributed by atoms with Gasteiger partial charge in [-0.15, -0.1) is 0 Å². The smallest absolute Gasteiger partial charge is 0.407 e.